The number of rotatable bonds is 0. The van der Waals surface area contributed by atoms with E-state index in [1.54, 1.807) is 6.26 Å². The Balaban J connectivity index is 2.86. The highest BCUT2D eigenvalue weighted by Gasteiger charge is 1.94. The van der Waals surface area contributed by atoms with Gasteiger partial charge < -0.3 is 4.52 Å². The fourth-order valence-corrected chi connectivity index (χ4v) is 0.991. The van der Waals surface area contributed by atoms with Gasteiger partial charge in [0.25, 0.3) is 0 Å². The second-order valence-corrected chi connectivity index (χ2v) is 2.38. The number of hydrogen-bond acceptors (Lipinski definition) is 2. The van der Waals surface area contributed by atoms with Gasteiger partial charge in [-0.2, -0.15) is 0 Å². The van der Waals surface area contributed by atoms with Gasteiger partial charge in [0.1, 0.15) is 11.8 Å². The molecule has 0 fully saturated rings. The molecule has 0 N–H and O–H groups in total. The molecule has 0 radical (unpaired) electrons. The molecular weight excluding hydrogens is 126 g/mol. The van der Waals surface area contributed by atoms with Crippen molar-refractivity contribution in [2.45, 2.75) is 6.92 Å². The average Bonchev–Trinajstić information content (AvgIpc) is 2.33. The number of fused-ring (bicyclic) bond motifs is 1. The van der Waals surface area contributed by atoms with Crippen molar-refractivity contribution < 1.29 is 4.52 Å². The molecule has 50 valence electrons. The van der Waals surface area contributed by atoms with Crippen LogP contribution in [0.25, 0.3) is 10.9 Å². The normalized spacial score (nSPS) is 10.5. The van der Waals surface area contributed by atoms with Crippen LogP contribution in [0.3, 0.4) is 0 Å². The summed E-state index contributed by atoms with van der Waals surface area (Å²) in [5.41, 5.74) is 2.15. The van der Waals surface area contributed by atoms with Crippen LogP contribution in [0.5, 0.6) is 0 Å². The molecule has 0 bridgehead atoms. The van der Waals surface area contributed by atoms with Crippen molar-refractivity contribution in [1.82, 2.24) is 5.16 Å². The topological polar surface area (TPSA) is 26.0 Å². The summed E-state index contributed by atoms with van der Waals surface area (Å²) in [6.45, 7) is 2.05. The van der Waals surface area contributed by atoms with Crippen molar-refractivity contribution in [3.63, 3.8) is 0 Å². The molecule has 1 aromatic carbocycles. The molecule has 0 spiro atoms. The van der Waals surface area contributed by atoms with Crippen LogP contribution in [0.2, 0.25) is 0 Å². The summed E-state index contributed by atoms with van der Waals surface area (Å²) in [4.78, 5) is 0. The SMILES string of the molecule is Cc1ccc2nocc2c1. The highest BCUT2D eigenvalue weighted by molar-refractivity contribution is 5.77. The van der Waals surface area contributed by atoms with E-state index in [-0.39, 0.29) is 0 Å². The number of aryl methyl sites for hydroxylation is 1. The quantitative estimate of drug-likeness (QED) is 0.550. The second-order valence-electron chi connectivity index (χ2n) is 2.38. The number of hydrogen-bond donors (Lipinski definition) is 0. The summed E-state index contributed by atoms with van der Waals surface area (Å²) >= 11 is 0. The minimum absolute atomic E-state index is 0.922. The molecular formula is C8H7NO. The maximum Gasteiger partial charge on any atom is 0.131 e. The van der Waals surface area contributed by atoms with Crippen molar-refractivity contribution in [2.75, 3.05) is 0 Å². The van der Waals surface area contributed by atoms with Gasteiger partial charge in [-0.3, -0.25) is 0 Å². The van der Waals surface area contributed by atoms with Crippen LogP contribution in [-0.2, 0) is 0 Å². The van der Waals surface area contributed by atoms with Gasteiger partial charge in [-0.05, 0) is 19.1 Å². The van der Waals surface area contributed by atoms with Crippen molar-refractivity contribution in [2.24, 2.45) is 0 Å². The predicted molar refractivity (Wildman–Crippen MR) is 38.7 cm³/mol. The van der Waals surface area contributed by atoms with Gasteiger partial charge in [0, 0.05) is 5.39 Å². The molecule has 2 rings (SSSR count). The van der Waals surface area contributed by atoms with Crippen molar-refractivity contribution in [3.8, 4) is 0 Å². The molecule has 2 aromatic rings. The Kier molecular flexibility index (Phi) is 1.01. The van der Waals surface area contributed by atoms with E-state index < -0.39 is 0 Å². The van der Waals surface area contributed by atoms with Gasteiger partial charge in [-0.1, -0.05) is 16.8 Å². The smallest absolute Gasteiger partial charge is 0.131 e. The largest absolute Gasteiger partial charge is 0.364 e. The van der Waals surface area contributed by atoms with E-state index in [1.165, 1.54) is 5.56 Å². The molecule has 0 unspecified atom stereocenters. The van der Waals surface area contributed by atoms with E-state index in [9.17, 15) is 0 Å². The zero-order valence-corrected chi connectivity index (χ0v) is 5.66. The van der Waals surface area contributed by atoms with Crippen molar-refractivity contribution >= 4 is 10.9 Å². The molecule has 10 heavy (non-hydrogen) atoms. The van der Waals surface area contributed by atoms with Gasteiger partial charge in [0.05, 0.1) is 0 Å². The lowest BCUT2D eigenvalue weighted by Crippen LogP contribution is -1.69. The van der Waals surface area contributed by atoms with E-state index in [4.69, 9.17) is 4.52 Å². The molecule has 1 heterocycles. The highest BCUT2D eigenvalue weighted by Crippen LogP contribution is 2.12. The van der Waals surface area contributed by atoms with E-state index in [1.807, 2.05) is 25.1 Å². The fraction of sp³-hybridized carbons (Fsp3) is 0.125. The molecule has 0 aliphatic heterocycles. The van der Waals surface area contributed by atoms with Crippen LogP contribution in [0.1, 0.15) is 5.56 Å². The van der Waals surface area contributed by atoms with E-state index in [0.29, 0.717) is 0 Å². The van der Waals surface area contributed by atoms with Gasteiger partial charge in [-0.15, -0.1) is 0 Å². The predicted octanol–water partition coefficient (Wildman–Crippen LogP) is 2.14. The summed E-state index contributed by atoms with van der Waals surface area (Å²) in [5, 5.41) is 4.85. The number of nitrogens with zero attached hydrogens (tertiary/aromatic N) is 1. The van der Waals surface area contributed by atoms with Gasteiger partial charge in [0.15, 0.2) is 0 Å². The highest BCUT2D eigenvalue weighted by atomic mass is 16.5. The summed E-state index contributed by atoms with van der Waals surface area (Å²) < 4.78 is 4.77. The lowest BCUT2D eigenvalue weighted by Gasteiger charge is -1.87. The minimum Gasteiger partial charge on any atom is -0.364 e. The van der Waals surface area contributed by atoms with E-state index in [0.717, 1.165) is 10.9 Å². The van der Waals surface area contributed by atoms with Gasteiger partial charge >= 0.3 is 0 Å². The Morgan fingerprint density at radius 1 is 1.40 bits per heavy atom. The van der Waals surface area contributed by atoms with Crippen LogP contribution >= 0.6 is 0 Å². The molecule has 0 saturated carbocycles. The van der Waals surface area contributed by atoms with E-state index >= 15 is 0 Å². The Morgan fingerprint density at radius 3 is 3.20 bits per heavy atom. The molecule has 0 aliphatic rings. The fourth-order valence-electron chi connectivity index (χ4n) is 0.991. The maximum absolute atomic E-state index is 4.77. The Labute approximate surface area is 58.4 Å². The molecule has 0 amide bonds. The number of benzene rings is 1. The van der Waals surface area contributed by atoms with Crippen LogP contribution in [0.15, 0.2) is 29.0 Å². The molecule has 0 saturated heterocycles. The first kappa shape index (κ1) is 5.47. The first-order valence-corrected chi connectivity index (χ1v) is 3.17. The van der Waals surface area contributed by atoms with Crippen LogP contribution in [0.4, 0.5) is 0 Å². The monoisotopic (exact) mass is 133 g/mol. The van der Waals surface area contributed by atoms with Crippen LogP contribution < -0.4 is 0 Å². The van der Waals surface area contributed by atoms with Crippen LogP contribution in [0, 0.1) is 6.92 Å². The lowest BCUT2D eigenvalue weighted by atomic mass is 10.2. The molecule has 2 nitrogen and oxygen atoms in total. The zero-order valence-electron chi connectivity index (χ0n) is 5.66. The third kappa shape index (κ3) is 0.692. The summed E-state index contributed by atoms with van der Waals surface area (Å²) in [5.74, 6) is 0. The Bertz CT molecular complexity index is 351. The molecule has 1 aromatic heterocycles. The summed E-state index contributed by atoms with van der Waals surface area (Å²) in [6, 6.07) is 6.02. The first-order valence-electron chi connectivity index (χ1n) is 3.17. The molecule has 0 atom stereocenters. The number of aromatic nitrogens is 1. The van der Waals surface area contributed by atoms with Gasteiger partial charge in [-0.25, -0.2) is 0 Å². The minimum atomic E-state index is 0.922. The average molecular weight is 133 g/mol. The third-order valence-electron chi connectivity index (χ3n) is 1.51. The van der Waals surface area contributed by atoms with Crippen LogP contribution in [-0.4, -0.2) is 5.16 Å². The molecule has 2 heteroatoms. The van der Waals surface area contributed by atoms with Gasteiger partial charge in [0.2, 0.25) is 0 Å². The summed E-state index contributed by atoms with van der Waals surface area (Å²) in [7, 11) is 0. The zero-order chi connectivity index (χ0) is 6.97. The summed E-state index contributed by atoms with van der Waals surface area (Å²) in [6.07, 6.45) is 1.66. The van der Waals surface area contributed by atoms with Crippen molar-refractivity contribution in [1.29, 1.82) is 0 Å². The third-order valence-corrected chi connectivity index (χ3v) is 1.51. The first-order chi connectivity index (χ1) is 4.86. The van der Waals surface area contributed by atoms with E-state index in [2.05, 4.69) is 5.16 Å². The maximum atomic E-state index is 4.77. The molecule has 0 aliphatic carbocycles. The van der Waals surface area contributed by atoms with Crippen molar-refractivity contribution in [3.05, 3.63) is 30.0 Å². The standard InChI is InChI=1S/C8H7NO/c1-6-2-3-8-7(4-6)5-10-9-8/h2-5H,1H3. The Morgan fingerprint density at radius 2 is 2.30 bits per heavy atom. The second kappa shape index (κ2) is 1.84. The lowest BCUT2D eigenvalue weighted by molar-refractivity contribution is 0.428. The Hall–Kier alpha value is -1.31.